The van der Waals surface area contributed by atoms with E-state index in [-0.39, 0.29) is 0 Å². The first kappa shape index (κ1) is 23.2. The molecule has 8 rings (SSSR count). The van der Waals surface area contributed by atoms with Gasteiger partial charge in [-0.2, -0.15) is 0 Å². The molecule has 0 unspecified atom stereocenters. The number of aromatic nitrogens is 2. The monoisotopic (exact) mass is 504 g/mol. The van der Waals surface area contributed by atoms with Crippen LogP contribution in [-0.4, -0.2) is 33.1 Å². The van der Waals surface area contributed by atoms with Gasteiger partial charge in [-0.25, -0.2) is 4.98 Å². The van der Waals surface area contributed by atoms with Crippen LogP contribution in [-0.2, 0) is 5.11 Å². The second-order valence-corrected chi connectivity index (χ2v) is 10.3. The smallest absolute Gasteiger partial charge is 0.136 e. The summed E-state index contributed by atoms with van der Waals surface area (Å²) in [6.45, 7) is 0. The fourth-order valence-corrected chi connectivity index (χ4v) is 6.16. The number of nitrogens with zero attached hydrogens (tertiary/aromatic N) is 2. The number of benzene rings is 6. The summed E-state index contributed by atoms with van der Waals surface area (Å²) in [5, 5.41) is 4.79. The van der Waals surface area contributed by atoms with Crippen LogP contribution in [0.25, 0.3) is 71.3 Å². The second-order valence-electron chi connectivity index (χ2n) is 10.3. The van der Waals surface area contributed by atoms with Crippen LogP contribution in [0.4, 0.5) is 0 Å². The lowest BCUT2D eigenvalue weighted by atomic mass is 9.42. The molecular formula is C34H19B3N2O. The molecule has 8 aromatic rings. The van der Waals surface area contributed by atoms with E-state index in [9.17, 15) is 0 Å². The second kappa shape index (κ2) is 8.40. The van der Waals surface area contributed by atoms with Gasteiger partial charge >= 0.3 is 0 Å². The molecule has 3 nitrogen and oxygen atoms in total. The fourth-order valence-electron chi connectivity index (χ4n) is 6.16. The Labute approximate surface area is 234 Å². The summed E-state index contributed by atoms with van der Waals surface area (Å²) >= 11 is 0. The Bertz CT molecular complexity index is 2220. The lowest BCUT2D eigenvalue weighted by molar-refractivity contribution is 0.669. The van der Waals surface area contributed by atoms with Gasteiger partial charge in [-0.05, 0) is 46.2 Å². The minimum atomic E-state index is -1.65. The zero-order valence-corrected chi connectivity index (χ0v) is 21.5. The largest absolute Gasteiger partial charge is 0.456 e. The predicted octanol–water partition coefficient (Wildman–Crippen LogP) is 7.51. The molecule has 2 aromatic heterocycles. The van der Waals surface area contributed by atoms with Crippen molar-refractivity contribution in [2.45, 2.75) is 5.11 Å². The highest BCUT2D eigenvalue weighted by Gasteiger charge is 2.26. The molecule has 6 aromatic carbocycles. The van der Waals surface area contributed by atoms with E-state index >= 15 is 0 Å². The topological polar surface area (TPSA) is 31.0 Å². The predicted molar refractivity (Wildman–Crippen MR) is 168 cm³/mol. The Hall–Kier alpha value is -4.70. The Morgan fingerprint density at radius 1 is 0.575 bits per heavy atom. The van der Waals surface area contributed by atoms with Crippen molar-refractivity contribution < 1.29 is 4.42 Å². The van der Waals surface area contributed by atoms with Gasteiger partial charge in [-0.1, -0.05) is 96.1 Å². The van der Waals surface area contributed by atoms with Gasteiger partial charge in [0.25, 0.3) is 0 Å². The van der Waals surface area contributed by atoms with Gasteiger partial charge in [-0.3, -0.25) is 4.57 Å². The Balaban J connectivity index is 1.59. The molecular weight excluding hydrogens is 485 g/mol. The first-order valence-corrected chi connectivity index (χ1v) is 13.2. The quantitative estimate of drug-likeness (QED) is 0.184. The van der Waals surface area contributed by atoms with Crippen LogP contribution in [0.3, 0.4) is 0 Å². The van der Waals surface area contributed by atoms with E-state index < -0.39 is 5.11 Å². The van der Waals surface area contributed by atoms with Crippen molar-refractivity contribution in [3.8, 4) is 16.8 Å². The molecule has 0 amide bonds. The maximum Gasteiger partial charge on any atom is 0.136 e. The summed E-state index contributed by atoms with van der Waals surface area (Å²) in [5.74, 6) is 0.389. The Morgan fingerprint density at radius 2 is 1.15 bits per heavy atom. The highest BCUT2D eigenvalue weighted by Crippen LogP contribution is 2.46. The normalized spacial score (nSPS) is 12.3. The summed E-state index contributed by atoms with van der Waals surface area (Å²) in [7, 11) is 19.0. The van der Waals surface area contributed by atoms with Gasteiger partial charge in [-0.15, -0.1) is 0 Å². The maximum absolute atomic E-state index is 6.33. The number of fused-ring (bicyclic) bond motifs is 6. The van der Waals surface area contributed by atoms with Gasteiger partial charge in [0.2, 0.25) is 0 Å². The van der Waals surface area contributed by atoms with E-state index in [1.807, 2.05) is 47.0 Å². The maximum atomic E-state index is 6.33. The highest BCUT2D eigenvalue weighted by molar-refractivity contribution is 6.58. The summed E-state index contributed by atoms with van der Waals surface area (Å²) in [5.41, 5.74) is 6.58. The molecule has 0 aliphatic heterocycles. The molecule has 0 N–H and O–H groups in total. The number of furan rings is 1. The lowest BCUT2D eigenvalue weighted by Crippen LogP contribution is -2.31. The van der Waals surface area contributed by atoms with Crippen LogP contribution in [0.15, 0.2) is 120 Å². The van der Waals surface area contributed by atoms with Crippen LogP contribution in [0.1, 0.15) is 5.82 Å². The third kappa shape index (κ3) is 3.26. The number of rotatable bonds is 3. The van der Waals surface area contributed by atoms with Crippen molar-refractivity contribution in [3.05, 3.63) is 121 Å². The van der Waals surface area contributed by atoms with E-state index in [1.54, 1.807) is 0 Å². The van der Waals surface area contributed by atoms with Gasteiger partial charge < -0.3 is 4.42 Å². The molecule has 2 heterocycles. The molecule has 0 saturated heterocycles. The van der Waals surface area contributed by atoms with Crippen molar-refractivity contribution in [1.82, 2.24) is 9.55 Å². The first-order valence-electron chi connectivity index (χ1n) is 13.2. The number of imidazole rings is 1. The summed E-state index contributed by atoms with van der Waals surface area (Å²) in [6, 6.07) is 39.2. The third-order valence-corrected chi connectivity index (χ3v) is 7.75. The van der Waals surface area contributed by atoms with Crippen molar-refractivity contribution in [3.63, 3.8) is 0 Å². The molecule has 0 saturated carbocycles. The number of hydrogen-bond donors (Lipinski definition) is 0. The zero-order valence-electron chi connectivity index (χ0n) is 21.5. The number of para-hydroxylation sites is 3. The molecule has 0 spiro atoms. The van der Waals surface area contributed by atoms with E-state index in [1.165, 1.54) is 0 Å². The van der Waals surface area contributed by atoms with Crippen LogP contribution in [0, 0.1) is 0 Å². The molecule has 0 aliphatic rings. The summed E-state index contributed by atoms with van der Waals surface area (Å²) < 4.78 is 8.29. The fraction of sp³-hybridized carbons (Fsp3) is 0.0294. The summed E-state index contributed by atoms with van der Waals surface area (Å²) in [4.78, 5) is 4.80. The van der Waals surface area contributed by atoms with Gasteiger partial charge in [0.05, 0.1) is 46.1 Å². The van der Waals surface area contributed by atoms with Crippen LogP contribution < -0.4 is 0 Å². The van der Waals surface area contributed by atoms with Gasteiger partial charge in [0.1, 0.15) is 11.2 Å². The van der Waals surface area contributed by atoms with Gasteiger partial charge in [0.15, 0.2) is 0 Å². The summed E-state index contributed by atoms with van der Waals surface area (Å²) in [6.07, 6.45) is 0. The molecule has 0 aliphatic carbocycles. The Morgan fingerprint density at radius 3 is 1.85 bits per heavy atom. The minimum absolute atomic E-state index is 0.389. The molecule has 0 fully saturated rings. The van der Waals surface area contributed by atoms with Gasteiger partial charge in [0, 0.05) is 21.5 Å². The zero-order chi connectivity index (χ0) is 27.0. The molecule has 40 heavy (non-hydrogen) atoms. The molecule has 6 heteroatoms. The molecule has 0 bridgehead atoms. The van der Waals surface area contributed by atoms with Crippen molar-refractivity contribution >= 4 is 78.1 Å². The van der Waals surface area contributed by atoms with Crippen LogP contribution in [0.2, 0.25) is 0 Å². The third-order valence-electron chi connectivity index (χ3n) is 7.75. The standard InChI is InChI=1S/C34H19B3N2O/c35-34(36,37)33-38-26-16-6-7-17-27(26)39(33)32-22-12-3-1-10-20(22)30(21-11-2-4-13-23(21)32)25-15-9-19-29-31(25)24-14-5-8-18-28(24)40-29/h1-19H. The van der Waals surface area contributed by atoms with E-state index in [4.69, 9.17) is 32.9 Å². The average Bonchev–Trinajstić information content (AvgIpc) is 3.55. The van der Waals surface area contributed by atoms with Crippen molar-refractivity contribution in [1.29, 1.82) is 0 Å². The first-order chi connectivity index (χ1) is 19.5. The minimum Gasteiger partial charge on any atom is -0.456 e. The van der Waals surface area contributed by atoms with Crippen LogP contribution in [0.5, 0.6) is 0 Å². The van der Waals surface area contributed by atoms with E-state index in [2.05, 4.69) is 72.8 Å². The molecule has 180 valence electrons. The molecule has 6 radical (unpaired) electrons. The van der Waals surface area contributed by atoms with Crippen molar-refractivity contribution in [2.24, 2.45) is 0 Å². The Kier molecular flexibility index (Phi) is 4.88. The van der Waals surface area contributed by atoms with Crippen molar-refractivity contribution in [2.75, 3.05) is 0 Å². The van der Waals surface area contributed by atoms with E-state index in [0.29, 0.717) is 5.82 Å². The molecule has 0 atom stereocenters. The number of hydrogen-bond acceptors (Lipinski definition) is 2. The van der Waals surface area contributed by atoms with E-state index in [0.717, 1.165) is 71.3 Å². The highest BCUT2D eigenvalue weighted by atomic mass is 16.3. The average molecular weight is 504 g/mol. The van der Waals surface area contributed by atoms with Crippen LogP contribution >= 0.6 is 0 Å². The SMILES string of the molecule is [B]C([B])([B])c1nc2ccccc2n1-c1c2ccccc2c(-c2cccc3oc4ccccc4c23)c2ccccc12. The lowest BCUT2D eigenvalue weighted by Gasteiger charge is -2.25.